The number of hydrogen-bond donors (Lipinski definition) is 1. The largest absolute Gasteiger partial charge is 0.493 e. The van der Waals surface area contributed by atoms with Gasteiger partial charge in [-0.15, -0.1) is 0 Å². The van der Waals surface area contributed by atoms with Crippen molar-refractivity contribution in [2.24, 2.45) is 17.1 Å². The first-order valence-corrected chi connectivity index (χ1v) is 14.7. The van der Waals surface area contributed by atoms with Gasteiger partial charge in [0.15, 0.2) is 0 Å². The molecular formula is C32H39N5O2. The number of ether oxygens (including phenoxy) is 2. The van der Waals surface area contributed by atoms with Crippen molar-refractivity contribution >= 4 is 27.6 Å². The minimum Gasteiger partial charge on any atom is -0.493 e. The van der Waals surface area contributed by atoms with E-state index in [-0.39, 0.29) is 5.41 Å². The highest BCUT2D eigenvalue weighted by Gasteiger charge is 2.35. The first-order chi connectivity index (χ1) is 19.1. The summed E-state index contributed by atoms with van der Waals surface area (Å²) in [4.78, 5) is 12.6. The Hall–Kier alpha value is -3.16. The highest BCUT2D eigenvalue weighted by Crippen LogP contribution is 2.38. The highest BCUT2D eigenvalue weighted by atomic mass is 16.5. The molecule has 1 saturated carbocycles. The van der Waals surface area contributed by atoms with Crippen molar-refractivity contribution in [2.45, 2.75) is 64.0 Å². The van der Waals surface area contributed by atoms with Gasteiger partial charge >= 0.3 is 0 Å². The molecule has 4 heterocycles. The monoisotopic (exact) mass is 525 g/mol. The molecule has 39 heavy (non-hydrogen) atoms. The van der Waals surface area contributed by atoms with Gasteiger partial charge < -0.3 is 20.1 Å². The first kappa shape index (κ1) is 24.9. The summed E-state index contributed by atoms with van der Waals surface area (Å²) in [5.74, 6) is 2.44. The van der Waals surface area contributed by atoms with Crippen LogP contribution in [0.3, 0.4) is 0 Å². The Kier molecular flexibility index (Phi) is 6.44. The Labute approximate surface area is 230 Å². The molecule has 1 aliphatic carbocycles. The van der Waals surface area contributed by atoms with Gasteiger partial charge in [0.1, 0.15) is 17.9 Å². The van der Waals surface area contributed by atoms with E-state index in [4.69, 9.17) is 25.2 Å². The molecule has 0 amide bonds. The molecule has 0 bridgehead atoms. The number of nitrogens with two attached hydrogens (primary N) is 1. The van der Waals surface area contributed by atoms with Crippen molar-refractivity contribution in [3.05, 3.63) is 54.9 Å². The van der Waals surface area contributed by atoms with Gasteiger partial charge in [0.2, 0.25) is 0 Å². The van der Waals surface area contributed by atoms with E-state index in [1.165, 1.54) is 43.2 Å². The number of fused-ring (bicyclic) bond motifs is 2. The minimum atomic E-state index is 0.108. The predicted octanol–water partition coefficient (Wildman–Crippen LogP) is 5.87. The lowest BCUT2D eigenvalue weighted by Crippen LogP contribution is -2.51. The summed E-state index contributed by atoms with van der Waals surface area (Å²) >= 11 is 0. The third-order valence-electron chi connectivity index (χ3n) is 9.13. The van der Waals surface area contributed by atoms with Crippen molar-refractivity contribution in [3.8, 4) is 11.6 Å². The molecule has 3 fully saturated rings. The lowest BCUT2D eigenvalue weighted by atomic mass is 9.78. The zero-order valence-electron chi connectivity index (χ0n) is 22.9. The van der Waals surface area contributed by atoms with Crippen LogP contribution in [0.4, 0.5) is 5.69 Å². The van der Waals surface area contributed by atoms with Gasteiger partial charge in [0, 0.05) is 35.5 Å². The molecule has 2 atom stereocenters. The second kappa shape index (κ2) is 10.1. The quantitative estimate of drug-likeness (QED) is 0.339. The van der Waals surface area contributed by atoms with Crippen LogP contribution in [0.15, 0.2) is 54.9 Å². The summed E-state index contributed by atoms with van der Waals surface area (Å²) in [5, 5.41) is 1.17. The molecule has 2 aromatic heterocycles. The molecule has 2 aliphatic heterocycles. The standard InChI is InChI=1S/C32H39N5O2/c1-32(18-38-19-32)20-39-25-11-12-27-26(17-25)34-21-37(27)30-13-10-23-8-5-9-28(31(23)35-30)36-15-14-24(33)16-29(36)22-6-3-2-4-7-22/h5,8-13,17,21-22,24,29H,2-4,6-7,14-16,18-20,33H2,1H3. The fraction of sp³-hybridized carbons (Fsp3) is 0.500. The third kappa shape index (κ3) is 4.76. The zero-order chi connectivity index (χ0) is 26.4. The maximum absolute atomic E-state index is 6.52. The number of rotatable bonds is 6. The Bertz CT molecular complexity index is 1470. The number of anilines is 1. The van der Waals surface area contributed by atoms with Gasteiger partial charge in [-0.1, -0.05) is 38.3 Å². The van der Waals surface area contributed by atoms with Crippen LogP contribution >= 0.6 is 0 Å². The molecule has 0 radical (unpaired) electrons. The fourth-order valence-corrected chi connectivity index (χ4v) is 6.83. The molecule has 7 nitrogen and oxygen atoms in total. The molecular weight excluding hydrogens is 486 g/mol. The van der Waals surface area contributed by atoms with Crippen LogP contribution in [0.25, 0.3) is 27.8 Å². The first-order valence-electron chi connectivity index (χ1n) is 14.7. The summed E-state index contributed by atoms with van der Waals surface area (Å²) in [7, 11) is 0. The minimum absolute atomic E-state index is 0.108. The normalized spacial score (nSPS) is 23.7. The summed E-state index contributed by atoms with van der Waals surface area (Å²) < 4.78 is 13.5. The van der Waals surface area contributed by atoms with Crippen molar-refractivity contribution in [1.29, 1.82) is 0 Å². The van der Waals surface area contributed by atoms with Gasteiger partial charge in [-0.05, 0) is 61.9 Å². The van der Waals surface area contributed by atoms with E-state index in [1.54, 1.807) is 0 Å². The molecule has 3 aliphatic rings. The predicted molar refractivity (Wildman–Crippen MR) is 156 cm³/mol. The highest BCUT2D eigenvalue weighted by molar-refractivity contribution is 5.92. The molecule has 2 unspecified atom stereocenters. The average Bonchev–Trinajstić information content (AvgIpc) is 3.38. The van der Waals surface area contributed by atoms with E-state index in [9.17, 15) is 0 Å². The second-order valence-electron chi connectivity index (χ2n) is 12.3. The maximum atomic E-state index is 6.52. The zero-order valence-corrected chi connectivity index (χ0v) is 22.9. The number of aromatic nitrogens is 3. The van der Waals surface area contributed by atoms with Gasteiger partial charge in [0.05, 0.1) is 42.1 Å². The summed E-state index contributed by atoms with van der Waals surface area (Å²) in [6.45, 7) is 5.35. The smallest absolute Gasteiger partial charge is 0.139 e. The van der Waals surface area contributed by atoms with Crippen molar-refractivity contribution in [2.75, 3.05) is 31.3 Å². The number of imidazole rings is 1. The molecule has 2 N–H and O–H groups in total. The van der Waals surface area contributed by atoms with Crippen LogP contribution in [-0.2, 0) is 4.74 Å². The third-order valence-corrected chi connectivity index (χ3v) is 9.13. The van der Waals surface area contributed by atoms with E-state index in [1.807, 2.05) is 18.5 Å². The molecule has 204 valence electrons. The topological polar surface area (TPSA) is 78.4 Å². The average molecular weight is 526 g/mol. The lowest BCUT2D eigenvalue weighted by Gasteiger charge is -2.45. The van der Waals surface area contributed by atoms with Gasteiger partial charge in [-0.25, -0.2) is 9.97 Å². The van der Waals surface area contributed by atoms with Crippen LogP contribution in [0.2, 0.25) is 0 Å². The summed E-state index contributed by atoms with van der Waals surface area (Å²) in [5.41, 5.74) is 10.9. The Morgan fingerprint density at radius 1 is 1.05 bits per heavy atom. The molecule has 2 aromatic carbocycles. The number of nitrogens with zero attached hydrogens (tertiary/aromatic N) is 4. The van der Waals surface area contributed by atoms with Crippen molar-refractivity contribution in [3.63, 3.8) is 0 Å². The van der Waals surface area contributed by atoms with Crippen LogP contribution in [0.1, 0.15) is 51.9 Å². The number of pyridine rings is 1. The molecule has 4 aromatic rings. The van der Waals surface area contributed by atoms with E-state index in [0.29, 0.717) is 18.7 Å². The second-order valence-corrected chi connectivity index (χ2v) is 12.3. The number of hydrogen-bond acceptors (Lipinski definition) is 6. The Morgan fingerprint density at radius 2 is 1.92 bits per heavy atom. The summed E-state index contributed by atoms with van der Waals surface area (Å²) in [6, 6.07) is 17.8. The van der Waals surface area contributed by atoms with Crippen molar-refractivity contribution < 1.29 is 9.47 Å². The molecule has 7 rings (SSSR count). The summed E-state index contributed by atoms with van der Waals surface area (Å²) in [6.07, 6.45) is 10.7. The van der Waals surface area contributed by atoms with Gasteiger partial charge in [-0.2, -0.15) is 0 Å². The Balaban J connectivity index is 1.21. The van der Waals surface area contributed by atoms with Crippen LogP contribution < -0.4 is 15.4 Å². The SMILES string of the molecule is CC1(COc2ccc3c(c2)ncn3-c2ccc3cccc(N4CCC(N)CC4C4CCCCC4)c3n2)COC1. The fourth-order valence-electron chi connectivity index (χ4n) is 6.83. The molecule has 2 saturated heterocycles. The van der Waals surface area contributed by atoms with E-state index in [2.05, 4.69) is 52.8 Å². The van der Waals surface area contributed by atoms with E-state index < -0.39 is 0 Å². The van der Waals surface area contributed by atoms with E-state index >= 15 is 0 Å². The van der Waals surface area contributed by atoms with Crippen LogP contribution in [0.5, 0.6) is 5.75 Å². The van der Waals surface area contributed by atoms with Gasteiger partial charge in [-0.3, -0.25) is 4.57 Å². The molecule has 0 spiro atoms. The Morgan fingerprint density at radius 3 is 2.74 bits per heavy atom. The number of piperidine rings is 1. The van der Waals surface area contributed by atoms with E-state index in [0.717, 1.165) is 66.6 Å². The van der Waals surface area contributed by atoms with Crippen LogP contribution in [0, 0.1) is 11.3 Å². The van der Waals surface area contributed by atoms with Crippen LogP contribution in [-0.4, -0.2) is 53.0 Å². The number of para-hydroxylation sites is 1. The number of benzene rings is 2. The van der Waals surface area contributed by atoms with Gasteiger partial charge in [0.25, 0.3) is 0 Å². The lowest BCUT2D eigenvalue weighted by molar-refractivity contribution is -0.120. The maximum Gasteiger partial charge on any atom is 0.139 e. The molecule has 7 heteroatoms. The van der Waals surface area contributed by atoms with Crippen molar-refractivity contribution in [1.82, 2.24) is 14.5 Å².